The first kappa shape index (κ1) is 14.9. The lowest BCUT2D eigenvalue weighted by atomic mass is 10.1. The van der Waals surface area contributed by atoms with Crippen LogP contribution >= 0.6 is 22.9 Å². The van der Waals surface area contributed by atoms with Crippen LogP contribution in [0, 0.1) is 6.92 Å². The van der Waals surface area contributed by atoms with Gasteiger partial charge in [0, 0.05) is 22.3 Å². The van der Waals surface area contributed by atoms with Gasteiger partial charge in [0.2, 0.25) is 0 Å². The van der Waals surface area contributed by atoms with Gasteiger partial charge in [-0.3, -0.25) is 4.79 Å². The van der Waals surface area contributed by atoms with E-state index in [1.807, 2.05) is 6.92 Å². The number of pyridine rings is 1. The molecule has 106 valence electrons. The predicted octanol–water partition coefficient (Wildman–Crippen LogP) is 3.38. The van der Waals surface area contributed by atoms with E-state index in [9.17, 15) is 4.79 Å². The Morgan fingerprint density at radius 3 is 2.90 bits per heavy atom. The third-order valence-corrected chi connectivity index (χ3v) is 3.79. The molecule has 0 aliphatic carbocycles. The molecule has 1 amide bonds. The van der Waals surface area contributed by atoms with Gasteiger partial charge in [-0.25, -0.2) is 9.97 Å². The molecule has 2 heterocycles. The molecule has 2 aromatic rings. The van der Waals surface area contributed by atoms with Crippen LogP contribution in [-0.2, 0) is 13.0 Å². The second kappa shape index (κ2) is 6.81. The molecule has 0 saturated heterocycles. The number of carbonyl (C=O) groups excluding carboxylic acids is 1. The second-order valence-electron chi connectivity index (χ2n) is 4.47. The van der Waals surface area contributed by atoms with E-state index in [1.54, 1.807) is 29.7 Å². The van der Waals surface area contributed by atoms with E-state index >= 15 is 0 Å². The van der Waals surface area contributed by atoms with Gasteiger partial charge in [0.15, 0.2) is 0 Å². The number of aryl methyl sites for hydroxylation is 2. The summed E-state index contributed by atoms with van der Waals surface area (Å²) in [6.07, 6.45) is 3.58. The topological polar surface area (TPSA) is 54.9 Å². The van der Waals surface area contributed by atoms with Crippen LogP contribution in [0.25, 0.3) is 0 Å². The molecule has 0 saturated carbocycles. The number of nitrogens with one attached hydrogen (secondary N) is 1. The molecule has 0 atom stereocenters. The molecule has 0 spiro atoms. The van der Waals surface area contributed by atoms with Crippen LogP contribution in [-0.4, -0.2) is 15.9 Å². The molecule has 0 fully saturated rings. The predicted molar refractivity (Wildman–Crippen MR) is 81.3 cm³/mol. The minimum atomic E-state index is -0.153. The summed E-state index contributed by atoms with van der Waals surface area (Å²) in [5.41, 5.74) is 1.39. The van der Waals surface area contributed by atoms with E-state index in [-0.39, 0.29) is 5.91 Å². The van der Waals surface area contributed by atoms with Crippen LogP contribution < -0.4 is 5.32 Å². The number of hydrogen-bond acceptors (Lipinski definition) is 4. The van der Waals surface area contributed by atoms with Crippen molar-refractivity contribution in [1.82, 2.24) is 15.3 Å². The lowest BCUT2D eigenvalue weighted by Gasteiger charge is -2.06. The summed E-state index contributed by atoms with van der Waals surface area (Å²) in [5, 5.41) is 4.09. The Balaban J connectivity index is 2.04. The Hall–Kier alpha value is -1.46. The van der Waals surface area contributed by atoms with Gasteiger partial charge in [0.05, 0.1) is 6.54 Å². The summed E-state index contributed by atoms with van der Waals surface area (Å²) in [7, 11) is 0. The number of rotatable bonds is 5. The average molecular weight is 310 g/mol. The molecular weight excluding hydrogens is 294 g/mol. The molecule has 6 heteroatoms. The second-order valence-corrected chi connectivity index (χ2v) is 6.17. The van der Waals surface area contributed by atoms with E-state index < -0.39 is 0 Å². The number of amides is 1. The quantitative estimate of drug-likeness (QED) is 0.861. The molecule has 0 aromatic carbocycles. The Morgan fingerprint density at radius 2 is 2.25 bits per heavy atom. The highest BCUT2D eigenvalue weighted by molar-refractivity contribution is 7.11. The van der Waals surface area contributed by atoms with Crippen molar-refractivity contribution in [3.8, 4) is 0 Å². The van der Waals surface area contributed by atoms with Gasteiger partial charge in [-0.15, -0.1) is 11.3 Å². The van der Waals surface area contributed by atoms with Gasteiger partial charge in [0.25, 0.3) is 5.91 Å². The van der Waals surface area contributed by atoms with Crippen LogP contribution in [0.5, 0.6) is 0 Å². The van der Waals surface area contributed by atoms with Gasteiger partial charge in [-0.2, -0.15) is 0 Å². The summed E-state index contributed by atoms with van der Waals surface area (Å²) in [5.74, 6) is -0.153. The van der Waals surface area contributed by atoms with Crippen LogP contribution in [0.1, 0.15) is 39.3 Å². The summed E-state index contributed by atoms with van der Waals surface area (Å²) in [6, 6.07) is 3.38. The number of halogens is 1. The van der Waals surface area contributed by atoms with E-state index in [4.69, 9.17) is 11.6 Å². The average Bonchev–Trinajstić information content (AvgIpc) is 2.81. The molecule has 0 unspecified atom stereocenters. The highest BCUT2D eigenvalue weighted by atomic mass is 35.5. The molecule has 2 aromatic heterocycles. The summed E-state index contributed by atoms with van der Waals surface area (Å²) >= 11 is 7.52. The highest BCUT2D eigenvalue weighted by Gasteiger charge is 2.10. The van der Waals surface area contributed by atoms with Gasteiger partial charge in [-0.1, -0.05) is 24.9 Å². The zero-order valence-electron chi connectivity index (χ0n) is 11.4. The van der Waals surface area contributed by atoms with Crippen molar-refractivity contribution in [2.75, 3.05) is 0 Å². The van der Waals surface area contributed by atoms with Crippen LogP contribution in [0.4, 0.5) is 0 Å². The SMILES string of the molecule is CCCc1cc(C(=O)NCc2ncc(C)s2)cc(Cl)n1. The van der Waals surface area contributed by atoms with Crippen LogP contribution in [0.2, 0.25) is 5.15 Å². The van der Waals surface area contributed by atoms with Crippen molar-refractivity contribution < 1.29 is 4.79 Å². The fraction of sp³-hybridized carbons (Fsp3) is 0.357. The third kappa shape index (κ3) is 4.02. The van der Waals surface area contributed by atoms with Crippen LogP contribution in [0.15, 0.2) is 18.3 Å². The number of hydrogen-bond donors (Lipinski definition) is 1. The highest BCUT2D eigenvalue weighted by Crippen LogP contribution is 2.14. The largest absolute Gasteiger partial charge is 0.346 e. The lowest BCUT2D eigenvalue weighted by molar-refractivity contribution is 0.0950. The van der Waals surface area contributed by atoms with Gasteiger partial charge in [-0.05, 0) is 25.5 Å². The Kier molecular flexibility index (Phi) is 5.09. The third-order valence-electron chi connectivity index (χ3n) is 2.68. The number of nitrogens with zero attached hydrogens (tertiary/aromatic N) is 2. The van der Waals surface area contributed by atoms with E-state index in [0.29, 0.717) is 17.3 Å². The minimum absolute atomic E-state index is 0.153. The zero-order valence-corrected chi connectivity index (χ0v) is 13.0. The van der Waals surface area contributed by atoms with Crippen molar-refractivity contribution in [1.29, 1.82) is 0 Å². The molecule has 2 rings (SSSR count). The Morgan fingerprint density at radius 1 is 1.45 bits per heavy atom. The standard InChI is InChI=1S/C14H16ClN3OS/c1-3-4-11-5-10(6-12(15)18-11)14(19)17-8-13-16-7-9(2)20-13/h5-7H,3-4,8H2,1-2H3,(H,17,19). The van der Waals surface area contributed by atoms with Crippen molar-refractivity contribution in [2.45, 2.75) is 33.2 Å². The molecule has 20 heavy (non-hydrogen) atoms. The van der Waals surface area contributed by atoms with Crippen molar-refractivity contribution in [2.24, 2.45) is 0 Å². The van der Waals surface area contributed by atoms with Gasteiger partial charge in [0.1, 0.15) is 10.2 Å². The molecule has 1 N–H and O–H groups in total. The van der Waals surface area contributed by atoms with Crippen molar-refractivity contribution >= 4 is 28.8 Å². The molecule has 0 bridgehead atoms. The minimum Gasteiger partial charge on any atom is -0.346 e. The number of aromatic nitrogens is 2. The molecule has 4 nitrogen and oxygen atoms in total. The maximum Gasteiger partial charge on any atom is 0.251 e. The van der Waals surface area contributed by atoms with E-state index in [2.05, 4.69) is 22.2 Å². The molecule has 0 aliphatic heterocycles. The first-order valence-corrected chi connectivity index (χ1v) is 7.64. The first-order chi connectivity index (χ1) is 9.58. The lowest BCUT2D eigenvalue weighted by Crippen LogP contribution is -2.23. The Labute approximate surface area is 127 Å². The summed E-state index contributed by atoms with van der Waals surface area (Å²) in [4.78, 5) is 21.7. The van der Waals surface area contributed by atoms with Gasteiger partial charge < -0.3 is 5.32 Å². The van der Waals surface area contributed by atoms with Gasteiger partial charge >= 0.3 is 0 Å². The number of carbonyl (C=O) groups is 1. The fourth-order valence-electron chi connectivity index (χ4n) is 1.81. The smallest absolute Gasteiger partial charge is 0.251 e. The van der Waals surface area contributed by atoms with E-state index in [0.717, 1.165) is 28.4 Å². The molecule has 0 radical (unpaired) electrons. The monoisotopic (exact) mass is 309 g/mol. The van der Waals surface area contributed by atoms with Crippen molar-refractivity contribution in [3.63, 3.8) is 0 Å². The first-order valence-electron chi connectivity index (χ1n) is 6.44. The molecule has 0 aliphatic rings. The van der Waals surface area contributed by atoms with E-state index in [1.165, 1.54) is 0 Å². The summed E-state index contributed by atoms with van der Waals surface area (Å²) in [6.45, 7) is 4.48. The zero-order chi connectivity index (χ0) is 14.5. The summed E-state index contributed by atoms with van der Waals surface area (Å²) < 4.78 is 0. The van der Waals surface area contributed by atoms with Crippen LogP contribution in [0.3, 0.4) is 0 Å². The van der Waals surface area contributed by atoms with Crippen molar-refractivity contribution in [3.05, 3.63) is 44.6 Å². The Bertz CT molecular complexity index is 612. The maximum absolute atomic E-state index is 12.1. The maximum atomic E-state index is 12.1. The number of thiazole rings is 1. The molecular formula is C14H16ClN3OS. The normalized spacial score (nSPS) is 10.6. The fourth-order valence-corrected chi connectivity index (χ4v) is 2.76.